The molecule has 0 aliphatic rings. The van der Waals surface area contributed by atoms with E-state index in [-0.39, 0.29) is 18.1 Å². The fraction of sp³-hybridized carbons (Fsp3) is 0.0833. The van der Waals surface area contributed by atoms with Crippen LogP contribution in [0.3, 0.4) is 0 Å². The molecule has 6 nitrogen and oxygen atoms in total. The number of rotatable bonds is 4. The van der Waals surface area contributed by atoms with Crippen LogP contribution >= 0.6 is 11.3 Å². The summed E-state index contributed by atoms with van der Waals surface area (Å²) in [6, 6.07) is 5.78. The quantitative estimate of drug-likeness (QED) is 0.791. The number of carboxylic acid groups (broad SMARTS) is 1. The number of nitrogens with one attached hydrogen (secondary N) is 1. The fourth-order valence-electron chi connectivity index (χ4n) is 1.38. The van der Waals surface area contributed by atoms with Crippen molar-refractivity contribution in [3.8, 4) is 5.75 Å². The van der Waals surface area contributed by atoms with Gasteiger partial charge in [-0.3, -0.25) is 14.9 Å². The van der Waals surface area contributed by atoms with E-state index in [0.717, 1.165) is 11.3 Å². The fourth-order valence-corrected chi connectivity index (χ4v) is 2.09. The molecular weight excluding hydrogens is 268 g/mol. The van der Waals surface area contributed by atoms with Gasteiger partial charge < -0.3 is 10.2 Å². The monoisotopic (exact) mass is 278 g/mol. The lowest BCUT2D eigenvalue weighted by molar-refractivity contribution is -0.136. The predicted octanol–water partition coefficient (Wildman–Crippen LogP) is 1.73. The van der Waals surface area contributed by atoms with E-state index in [0.29, 0.717) is 16.4 Å². The maximum atomic E-state index is 11.8. The minimum absolute atomic E-state index is 0.0783. The van der Waals surface area contributed by atoms with Gasteiger partial charge in [0.2, 0.25) is 0 Å². The molecule has 19 heavy (non-hydrogen) atoms. The summed E-state index contributed by atoms with van der Waals surface area (Å²) in [7, 11) is 0. The van der Waals surface area contributed by atoms with Crippen molar-refractivity contribution < 1.29 is 19.8 Å². The Bertz CT molecular complexity index is 606. The van der Waals surface area contributed by atoms with Gasteiger partial charge in [-0.2, -0.15) is 0 Å². The Kier molecular flexibility index (Phi) is 3.76. The molecule has 0 aliphatic carbocycles. The highest BCUT2D eigenvalue weighted by Gasteiger charge is 2.10. The number of carboxylic acids is 1. The zero-order chi connectivity index (χ0) is 13.8. The molecule has 0 atom stereocenters. The topological polar surface area (TPSA) is 99.5 Å². The number of amides is 1. The largest absolute Gasteiger partial charge is 0.508 e. The average Bonchev–Trinajstić information content (AvgIpc) is 2.76. The number of aromatic nitrogens is 1. The molecule has 1 aromatic carbocycles. The van der Waals surface area contributed by atoms with Gasteiger partial charge in [-0.1, -0.05) is 0 Å². The molecule has 2 rings (SSSR count). The van der Waals surface area contributed by atoms with Crippen LogP contribution in [0.4, 0.5) is 5.13 Å². The van der Waals surface area contributed by atoms with Crippen molar-refractivity contribution in [3.05, 3.63) is 40.9 Å². The third-order valence-corrected chi connectivity index (χ3v) is 3.04. The third-order valence-electron chi connectivity index (χ3n) is 2.23. The maximum Gasteiger partial charge on any atom is 0.309 e. The van der Waals surface area contributed by atoms with Gasteiger partial charge in [0.05, 0.1) is 12.1 Å². The van der Waals surface area contributed by atoms with E-state index in [1.807, 2.05) is 0 Å². The van der Waals surface area contributed by atoms with Crippen molar-refractivity contribution in [1.29, 1.82) is 0 Å². The maximum absolute atomic E-state index is 11.8. The van der Waals surface area contributed by atoms with Crippen molar-refractivity contribution in [1.82, 2.24) is 4.98 Å². The molecule has 1 aromatic heterocycles. The van der Waals surface area contributed by atoms with Gasteiger partial charge in [-0.05, 0) is 24.3 Å². The number of aromatic hydroxyl groups is 1. The molecule has 0 radical (unpaired) electrons. The zero-order valence-corrected chi connectivity index (χ0v) is 10.5. The van der Waals surface area contributed by atoms with Crippen LogP contribution in [0.1, 0.15) is 16.1 Å². The smallest absolute Gasteiger partial charge is 0.309 e. The summed E-state index contributed by atoms with van der Waals surface area (Å²) in [5, 5.41) is 22.2. The molecule has 0 saturated carbocycles. The number of phenolic OH excluding ortho intramolecular Hbond substituents is 1. The van der Waals surface area contributed by atoms with Crippen LogP contribution in [-0.4, -0.2) is 27.1 Å². The summed E-state index contributed by atoms with van der Waals surface area (Å²) in [6.07, 6.45) is -0.175. The first-order valence-corrected chi connectivity index (χ1v) is 6.19. The van der Waals surface area contributed by atoms with Gasteiger partial charge in [0.25, 0.3) is 5.91 Å². The second-order valence-electron chi connectivity index (χ2n) is 3.72. The molecule has 7 heteroatoms. The van der Waals surface area contributed by atoms with Crippen LogP contribution < -0.4 is 5.32 Å². The first kappa shape index (κ1) is 13.0. The normalized spacial score (nSPS) is 10.1. The summed E-state index contributed by atoms with van der Waals surface area (Å²) in [4.78, 5) is 26.3. The Labute approximate surface area is 112 Å². The summed E-state index contributed by atoms with van der Waals surface area (Å²) in [5.74, 6) is -1.26. The highest BCUT2D eigenvalue weighted by molar-refractivity contribution is 7.14. The molecule has 1 heterocycles. The van der Waals surface area contributed by atoms with Crippen LogP contribution in [0.5, 0.6) is 5.75 Å². The molecular formula is C12H10N2O4S. The first-order chi connectivity index (χ1) is 9.04. The van der Waals surface area contributed by atoms with E-state index >= 15 is 0 Å². The minimum atomic E-state index is -0.971. The molecule has 0 fully saturated rings. The predicted molar refractivity (Wildman–Crippen MR) is 69.5 cm³/mol. The summed E-state index contributed by atoms with van der Waals surface area (Å²) in [6.45, 7) is 0. The number of hydrogen-bond acceptors (Lipinski definition) is 5. The van der Waals surface area contributed by atoms with Crippen LogP contribution in [0.15, 0.2) is 29.6 Å². The van der Waals surface area contributed by atoms with Crippen molar-refractivity contribution in [2.24, 2.45) is 0 Å². The summed E-state index contributed by atoms with van der Waals surface area (Å²) in [5.41, 5.74) is 0.784. The molecule has 3 N–H and O–H groups in total. The number of carbonyl (C=O) groups excluding carboxylic acids is 1. The van der Waals surface area contributed by atoms with E-state index < -0.39 is 5.97 Å². The highest BCUT2D eigenvalue weighted by Crippen LogP contribution is 2.17. The lowest BCUT2D eigenvalue weighted by Crippen LogP contribution is -2.11. The van der Waals surface area contributed by atoms with Crippen molar-refractivity contribution >= 4 is 28.3 Å². The first-order valence-electron chi connectivity index (χ1n) is 5.31. The van der Waals surface area contributed by atoms with Crippen molar-refractivity contribution in [2.45, 2.75) is 6.42 Å². The number of nitrogens with zero attached hydrogens (tertiary/aromatic N) is 1. The number of benzene rings is 1. The Morgan fingerprint density at radius 1 is 1.26 bits per heavy atom. The van der Waals surface area contributed by atoms with E-state index in [1.54, 1.807) is 5.38 Å². The van der Waals surface area contributed by atoms with Crippen molar-refractivity contribution in [3.63, 3.8) is 0 Å². The third kappa shape index (κ3) is 3.52. The minimum Gasteiger partial charge on any atom is -0.508 e. The number of anilines is 1. The van der Waals surface area contributed by atoms with Gasteiger partial charge in [0.1, 0.15) is 5.75 Å². The number of thiazole rings is 1. The number of carbonyl (C=O) groups is 2. The molecule has 0 bridgehead atoms. The van der Waals surface area contributed by atoms with E-state index in [4.69, 9.17) is 10.2 Å². The summed E-state index contributed by atoms with van der Waals surface area (Å²) < 4.78 is 0. The van der Waals surface area contributed by atoms with Gasteiger partial charge in [0.15, 0.2) is 5.13 Å². The Hall–Kier alpha value is -2.41. The second-order valence-corrected chi connectivity index (χ2v) is 4.57. The van der Waals surface area contributed by atoms with Gasteiger partial charge in [-0.15, -0.1) is 11.3 Å². The Morgan fingerprint density at radius 2 is 1.95 bits per heavy atom. The van der Waals surface area contributed by atoms with Crippen LogP contribution in [-0.2, 0) is 11.2 Å². The van der Waals surface area contributed by atoms with Crippen LogP contribution in [0.25, 0.3) is 0 Å². The van der Waals surface area contributed by atoms with Gasteiger partial charge >= 0.3 is 5.97 Å². The summed E-state index contributed by atoms with van der Waals surface area (Å²) >= 11 is 1.16. The number of hydrogen-bond donors (Lipinski definition) is 3. The highest BCUT2D eigenvalue weighted by atomic mass is 32.1. The van der Waals surface area contributed by atoms with Gasteiger partial charge in [0, 0.05) is 10.9 Å². The van der Waals surface area contributed by atoms with E-state index in [1.165, 1.54) is 24.3 Å². The van der Waals surface area contributed by atoms with E-state index in [2.05, 4.69) is 10.3 Å². The lowest BCUT2D eigenvalue weighted by Gasteiger charge is -2.01. The lowest BCUT2D eigenvalue weighted by atomic mass is 10.2. The van der Waals surface area contributed by atoms with Crippen LogP contribution in [0.2, 0.25) is 0 Å². The van der Waals surface area contributed by atoms with Crippen LogP contribution in [0, 0.1) is 0 Å². The number of phenols is 1. The molecule has 2 aromatic rings. The van der Waals surface area contributed by atoms with E-state index in [9.17, 15) is 9.59 Å². The molecule has 0 aliphatic heterocycles. The average molecular weight is 278 g/mol. The standard InChI is InChI=1S/C12H10N2O4S/c15-9-3-1-7(2-4-9)11(18)14-12-13-8(6-19-12)5-10(16)17/h1-4,6,15H,5H2,(H,16,17)(H,13,14,18). The Morgan fingerprint density at radius 3 is 2.58 bits per heavy atom. The molecule has 1 amide bonds. The molecule has 98 valence electrons. The zero-order valence-electron chi connectivity index (χ0n) is 9.66. The SMILES string of the molecule is O=C(O)Cc1csc(NC(=O)c2ccc(O)cc2)n1. The second kappa shape index (κ2) is 5.49. The molecule has 0 unspecified atom stereocenters. The molecule has 0 spiro atoms. The number of aliphatic carboxylic acids is 1. The Balaban J connectivity index is 2.04. The molecule has 0 saturated heterocycles. The van der Waals surface area contributed by atoms with Crippen molar-refractivity contribution in [2.75, 3.05) is 5.32 Å². The van der Waals surface area contributed by atoms with Gasteiger partial charge in [-0.25, -0.2) is 4.98 Å².